The van der Waals surface area contributed by atoms with Gasteiger partial charge >= 0.3 is 12.1 Å². The minimum atomic E-state index is -0.761. The van der Waals surface area contributed by atoms with Crippen molar-refractivity contribution in [2.75, 3.05) is 33.4 Å². The van der Waals surface area contributed by atoms with Gasteiger partial charge in [0, 0.05) is 0 Å². The van der Waals surface area contributed by atoms with Crippen LogP contribution in [-0.2, 0) is 19.1 Å². The third-order valence-corrected chi connectivity index (χ3v) is 3.08. The Kier molecular flexibility index (Phi) is 6.27. The van der Waals surface area contributed by atoms with Crippen LogP contribution in [0.3, 0.4) is 0 Å². The molecule has 1 aliphatic heterocycles. The molecule has 1 fully saturated rings. The van der Waals surface area contributed by atoms with Crippen LogP contribution in [0.5, 0.6) is 0 Å². The fourth-order valence-corrected chi connectivity index (χ4v) is 2.21. The lowest BCUT2D eigenvalue weighted by molar-refractivity contribution is -0.899. The first kappa shape index (κ1) is 15.4. The van der Waals surface area contributed by atoms with Crippen molar-refractivity contribution in [2.45, 2.75) is 19.8 Å². The fourth-order valence-electron chi connectivity index (χ4n) is 2.21. The first-order chi connectivity index (χ1) is 9.06. The number of amides is 2. The number of alkyl carbamates (subject to hydrolysis) is 1. The van der Waals surface area contributed by atoms with Crippen molar-refractivity contribution in [3.8, 4) is 0 Å². The summed E-state index contributed by atoms with van der Waals surface area (Å²) in [5.74, 6) is -0.755. The summed E-state index contributed by atoms with van der Waals surface area (Å²) in [6.07, 6.45) is 0.897. The van der Waals surface area contributed by atoms with Gasteiger partial charge in [0.25, 0.3) is 5.91 Å². The van der Waals surface area contributed by atoms with Gasteiger partial charge in [-0.15, -0.1) is 0 Å². The van der Waals surface area contributed by atoms with Crippen molar-refractivity contribution in [3.05, 3.63) is 0 Å². The molecule has 1 aliphatic rings. The maximum absolute atomic E-state index is 11.6. The molecule has 2 amide bonds. The normalized spacial score (nSPS) is 22.4. The van der Waals surface area contributed by atoms with Gasteiger partial charge in [0.1, 0.15) is 5.92 Å². The molecule has 0 saturated carbocycles. The molecule has 7 heteroatoms. The Hall–Kier alpha value is -1.63. The third kappa shape index (κ3) is 5.25. The van der Waals surface area contributed by atoms with Gasteiger partial charge in [0.15, 0.2) is 6.54 Å². The molecule has 0 aromatic rings. The first-order valence-electron chi connectivity index (χ1n) is 6.44. The van der Waals surface area contributed by atoms with E-state index in [0.29, 0.717) is 13.2 Å². The molecular weight excluding hydrogens is 252 g/mol. The van der Waals surface area contributed by atoms with E-state index >= 15 is 0 Å². The van der Waals surface area contributed by atoms with Crippen LogP contribution in [0.2, 0.25) is 0 Å². The van der Waals surface area contributed by atoms with Crippen molar-refractivity contribution >= 4 is 18.0 Å². The van der Waals surface area contributed by atoms with Gasteiger partial charge in [-0.3, -0.25) is 14.9 Å². The van der Waals surface area contributed by atoms with Crippen LogP contribution in [0.15, 0.2) is 0 Å². The van der Waals surface area contributed by atoms with Gasteiger partial charge in [-0.1, -0.05) is 0 Å². The molecule has 0 radical (unpaired) electrons. The molecule has 1 unspecified atom stereocenters. The summed E-state index contributed by atoms with van der Waals surface area (Å²) in [4.78, 5) is 35.0. The number of ether oxygens (including phenoxy) is 2. The monoisotopic (exact) mass is 273 g/mol. The number of nitrogens with one attached hydrogen (secondary N) is 2. The smallest absolute Gasteiger partial charge is 0.413 e. The predicted octanol–water partition coefficient (Wildman–Crippen LogP) is -1.27. The zero-order valence-electron chi connectivity index (χ0n) is 11.4. The first-order valence-corrected chi connectivity index (χ1v) is 6.44. The molecule has 1 rings (SSSR count). The number of imide groups is 1. The fraction of sp³-hybridized carbons (Fsp3) is 0.750. The Morgan fingerprint density at radius 3 is 2.74 bits per heavy atom. The van der Waals surface area contributed by atoms with Gasteiger partial charge in [-0.25, -0.2) is 4.79 Å². The number of piperidine rings is 1. The molecule has 0 aliphatic carbocycles. The van der Waals surface area contributed by atoms with Crippen LogP contribution >= 0.6 is 0 Å². The van der Waals surface area contributed by atoms with Gasteiger partial charge in [0.2, 0.25) is 0 Å². The molecule has 2 atom stereocenters. The summed E-state index contributed by atoms with van der Waals surface area (Å²) in [5, 5.41) is 2.11. The van der Waals surface area contributed by atoms with E-state index < -0.39 is 12.0 Å². The Labute approximate surface area is 112 Å². The number of hydrogen-bond donors (Lipinski definition) is 2. The highest BCUT2D eigenvalue weighted by atomic mass is 16.5. The van der Waals surface area contributed by atoms with Crippen LogP contribution < -0.4 is 10.2 Å². The van der Waals surface area contributed by atoms with Gasteiger partial charge in [0.05, 0.1) is 26.8 Å². The number of methoxy groups -OCH3 is 1. The topological polar surface area (TPSA) is 86.1 Å². The number of rotatable bonds is 4. The minimum absolute atomic E-state index is 0.158. The van der Waals surface area contributed by atoms with Crippen molar-refractivity contribution < 1.29 is 28.8 Å². The van der Waals surface area contributed by atoms with E-state index in [1.807, 2.05) is 0 Å². The standard InChI is InChI=1S/C12H20N2O5/c1-3-19-11(16)9-5-4-6-14(7-9)8-10(15)13-12(17)18-2/h9H,3-8H2,1-2H3,(H,13,15,17)/p+1/t9-/m1/s1. The predicted molar refractivity (Wildman–Crippen MR) is 65.5 cm³/mol. The number of carbonyl (C=O) groups is 3. The number of quaternary nitrogens is 1. The Balaban J connectivity index is 2.40. The van der Waals surface area contributed by atoms with Gasteiger partial charge in [-0.05, 0) is 19.8 Å². The second kappa shape index (κ2) is 7.73. The maximum Gasteiger partial charge on any atom is 0.413 e. The van der Waals surface area contributed by atoms with E-state index in [-0.39, 0.29) is 18.4 Å². The summed E-state index contributed by atoms with van der Waals surface area (Å²) < 4.78 is 9.34. The summed E-state index contributed by atoms with van der Waals surface area (Å²) in [6, 6.07) is 0. The largest absolute Gasteiger partial charge is 0.466 e. The molecule has 1 heterocycles. The lowest BCUT2D eigenvalue weighted by atomic mass is 9.98. The molecule has 0 aromatic carbocycles. The van der Waals surface area contributed by atoms with Crippen LogP contribution in [0.1, 0.15) is 19.8 Å². The summed E-state index contributed by atoms with van der Waals surface area (Å²) >= 11 is 0. The number of likely N-dealkylation sites (tertiary alicyclic amines) is 1. The Morgan fingerprint density at radius 1 is 1.37 bits per heavy atom. The summed E-state index contributed by atoms with van der Waals surface area (Å²) in [7, 11) is 1.20. The van der Waals surface area contributed by atoms with Crippen molar-refractivity contribution in [1.82, 2.24) is 5.32 Å². The molecule has 0 spiro atoms. The lowest BCUT2D eigenvalue weighted by Crippen LogP contribution is -3.14. The molecule has 19 heavy (non-hydrogen) atoms. The summed E-state index contributed by atoms with van der Waals surface area (Å²) in [5.41, 5.74) is 0. The second-order valence-electron chi connectivity index (χ2n) is 4.51. The minimum Gasteiger partial charge on any atom is -0.466 e. The van der Waals surface area contributed by atoms with E-state index in [1.165, 1.54) is 7.11 Å². The summed E-state index contributed by atoms with van der Waals surface area (Å²) in [6.45, 7) is 3.67. The third-order valence-electron chi connectivity index (χ3n) is 3.08. The molecule has 7 nitrogen and oxygen atoms in total. The quantitative estimate of drug-likeness (QED) is 0.624. The second-order valence-corrected chi connectivity index (χ2v) is 4.51. The van der Waals surface area contributed by atoms with Crippen LogP contribution in [0, 0.1) is 5.92 Å². The van der Waals surface area contributed by atoms with E-state index in [1.54, 1.807) is 6.92 Å². The number of carbonyl (C=O) groups excluding carboxylic acids is 3. The SMILES string of the molecule is CCOC(=O)[C@@H]1CCC[NH+](CC(=O)NC(=O)OC)C1. The van der Waals surface area contributed by atoms with Gasteiger partial charge in [-0.2, -0.15) is 0 Å². The van der Waals surface area contributed by atoms with E-state index in [9.17, 15) is 14.4 Å². The molecule has 2 N–H and O–H groups in total. The van der Waals surface area contributed by atoms with Crippen LogP contribution in [-0.4, -0.2) is 51.3 Å². The highest BCUT2D eigenvalue weighted by Crippen LogP contribution is 2.09. The van der Waals surface area contributed by atoms with E-state index in [0.717, 1.165) is 24.3 Å². The van der Waals surface area contributed by atoms with Crippen molar-refractivity contribution in [1.29, 1.82) is 0 Å². The number of esters is 1. The Bertz CT molecular complexity index is 345. The average molecular weight is 273 g/mol. The molecule has 0 bridgehead atoms. The Morgan fingerprint density at radius 2 is 2.11 bits per heavy atom. The molecular formula is C12H21N2O5+. The van der Waals surface area contributed by atoms with Gasteiger partial charge < -0.3 is 14.4 Å². The molecule has 0 aromatic heterocycles. The highest BCUT2D eigenvalue weighted by Gasteiger charge is 2.30. The zero-order chi connectivity index (χ0) is 14.3. The maximum atomic E-state index is 11.6. The molecule has 108 valence electrons. The average Bonchev–Trinajstić information content (AvgIpc) is 2.39. The zero-order valence-corrected chi connectivity index (χ0v) is 11.4. The molecule has 1 saturated heterocycles. The van der Waals surface area contributed by atoms with Crippen molar-refractivity contribution in [2.24, 2.45) is 5.92 Å². The lowest BCUT2D eigenvalue weighted by Gasteiger charge is -2.27. The van der Waals surface area contributed by atoms with Crippen molar-refractivity contribution in [3.63, 3.8) is 0 Å². The number of hydrogen-bond acceptors (Lipinski definition) is 5. The van der Waals surface area contributed by atoms with E-state index in [2.05, 4.69) is 10.1 Å². The highest BCUT2D eigenvalue weighted by molar-refractivity contribution is 5.92. The van der Waals surface area contributed by atoms with E-state index in [4.69, 9.17) is 4.74 Å². The van der Waals surface area contributed by atoms with Crippen LogP contribution in [0.4, 0.5) is 4.79 Å². The van der Waals surface area contributed by atoms with Crippen LogP contribution in [0.25, 0.3) is 0 Å².